The maximum atomic E-state index is 12.6. The van der Waals surface area contributed by atoms with Gasteiger partial charge in [-0.3, -0.25) is 9.59 Å². The van der Waals surface area contributed by atoms with Gasteiger partial charge in [-0.05, 0) is 49.7 Å². The lowest BCUT2D eigenvalue weighted by Gasteiger charge is -2.18. The van der Waals surface area contributed by atoms with Crippen molar-refractivity contribution in [3.05, 3.63) is 60.2 Å². The van der Waals surface area contributed by atoms with Gasteiger partial charge in [0.15, 0.2) is 0 Å². The van der Waals surface area contributed by atoms with Gasteiger partial charge >= 0.3 is 0 Å². The van der Waals surface area contributed by atoms with Crippen molar-refractivity contribution in [2.75, 3.05) is 23.8 Å². The molecule has 0 aromatic heterocycles. The van der Waals surface area contributed by atoms with E-state index < -0.39 is 0 Å². The number of carbonyl (C=O) groups excluding carboxylic acids is 2. The molecule has 2 N–H and O–H groups in total. The Morgan fingerprint density at radius 1 is 1.12 bits per heavy atom. The van der Waals surface area contributed by atoms with Crippen molar-refractivity contribution < 1.29 is 9.59 Å². The van der Waals surface area contributed by atoms with Crippen LogP contribution >= 0.6 is 12.4 Å². The molecule has 2 amide bonds. The van der Waals surface area contributed by atoms with Crippen LogP contribution in [0.25, 0.3) is 0 Å². The molecule has 1 saturated heterocycles. The highest BCUT2D eigenvalue weighted by Gasteiger charge is 2.22. The first-order chi connectivity index (χ1) is 11.6. The Kier molecular flexibility index (Phi) is 6.56. The predicted octanol–water partition coefficient (Wildman–Crippen LogP) is 3.08. The van der Waals surface area contributed by atoms with Crippen molar-refractivity contribution in [1.29, 1.82) is 0 Å². The highest BCUT2D eigenvalue weighted by molar-refractivity contribution is 6.06. The molecule has 0 bridgehead atoms. The number of carbonyl (C=O) groups is 2. The van der Waals surface area contributed by atoms with Crippen molar-refractivity contribution in [1.82, 2.24) is 5.32 Å². The van der Waals surface area contributed by atoms with E-state index in [1.807, 2.05) is 30.3 Å². The Morgan fingerprint density at radius 3 is 2.56 bits per heavy atom. The van der Waals surface area contributed by atoms with Crippen molar-refractivity contribution in [3.63, 3.8) is 0 Å². The molecule has 2 aromatic carbocycles. The van der Waals surface area contributed by atoms with E-state index >= 15 is 0 Å². The summed E-state index contributed by atoms with van der Waals surface area (Å²) in [6.07, 6.45) is 1.86. The number of benzene rings is 2. The summed E-state index contributed by atoms with van der Waals surface area (Å²) >= 11 is 0. The topological polar surface area (TPSA) is 61.4 Å². The summed E-state index contributed by atoms with van der Waals surface area (Å²) in [5, 5.41) is 6.05. The number of nitrogens with one attached hydrogen (secondary N) is 2. The standard InChI is InChI=1S/C19H21N3O2.ClH/c1-22(16-9-3-2-4-10-16)19(24)14-7-5-8-15(13-14)21-18(23)17-11-6-12-20-17;/h2-5,7-10,13,17,20H,6,11-12H2,1H3,(H,21,23);1H. The first-order valence-electron chi connectivity index (χ1n) is 8.12. The molecule has 1 atom stereocenters. The lowest BCUT2D eigenvalue weighted by atomic mass is 10.1. The highest BCUT2D eigenvalue weighted by Crippen LogP contribution is 2.18. The summed E-state index contributed by atoms with van der Waals surface area (Å²) in [7, 11) is 1.74. The third kappa shape index (κ3) is 4.59. The number of amides is 2. The van der Waals surface area contributed by atoms with E-state index in [0.717, 1.165) is 25.1 Å². The van der Waals surface area contributed by atoms with Crippen molar-refractivity contribution >= 4 is 35.6 Å². The summed E-state index contributed by atoms with van der Waals surface area (Å²) in [6, 6.07) is 16.4. The molecule has 1 aliphatic rings. The molecule has 0 aliphatic carbocycles. The molecule has 0 radical (unpaired) electrons. The average molecular weight is 360 g/mol. The van der Waals surface area contributed by atoms with E-state index in [-0.39, 0.29) is 30.3 Å². The van der Waals surface area contributed by atoms with E-state index in [1.54, 1.807) is 36.2 Å². The minimum absolute atomic E-state index is 0. The van der Waals surface area contributed by atoms with E-state index in [2.05, 4.69) is 10.6 Å². The van der Waals surface area contributed by atoms with Gasteiger partial charge in [0, 0.05) is 24.0 Å². The first-order valence-corrected chi connectivity index (χ1v) is 8.12. The van der Waals surface area contributed by atoms with E-state index in [4.69, 9.17) is 0 Å². The second kappa shape index (κ2) is 8.65. The van der Waals surface area contributed by atoms with Gasteiger partial charge in [-0.2, -0.15) is 0 Å². The number of hydrogen-bond acceptors (Lipinski definition) is 3. The van der Waals surface area contributed by atoms with Crippen LogP contribution in [0.4, 0.5) is 11.4 Å². The van der Waals surface area contributed by atoms with Gasteiger partial charge in [-0.15, -0.1) is 12.4 Å². The van der Waals surface area contributed by atoms with Crippen molar-refractivity contribution in [2.24, 2.45) is 0 Å². The number of anilines is 2. The summed E-state index contributed by atoms with van der Waals surface area (Å²) < 4.78 is 0. The molecule has 132 valence electrons. The lowest BCUT2D eigenvalue weighted by Crippen LogP contribution is -2.35. The molecular weight excluding hydrogens is 338 g/mol. The summed E-state index contributed by atoms with van der Waals surface area (Å²) in [6.45, 7) is 0.873. The average Bonchev–Trinajstić information content (AvgIpc) is 3.16. The van der Waals surface area contributed by atoms with E-state index in [9.17, 15) is 9.59 Å². The van der Waals surface area contributed by atoms with Crippen LogP contribution in [0.5, 0.6) is 0 Å². The molecule has 5 nitrogen and oxygen atoms in total. The molecule has 6 heteroatoms. The second-order valence-corrected chi connectivity index (χ2v) is 5.92. The molecule has 25 heavy (non-hydrogen) atoms. The zero-order valence-corrected chi connectivity index (χ0v) is 14.9. The quantitative estimate of drug-likeness (QED) is 0.881. The van der Waals surface area contributed by atoms with Crippen LogP contribution in [0.3, 0.4) is 0 Å². The Labute approximate surface area is 153 Å². The largest absolute Gasteiger partial charge is 0.325 e. The van der Waals surface area contributed by atoms with Gasteiger partial charge in [0.1, 0.15) is 0 Å². The van der Waals surface area contributed by atoms with Gasteiger partial charge in [0.2, 0.25) is 5.91 Å². The molecule has 3 rings (SSSR count). The van der Waals surface area contributed by atoms with Gasteiger partial charge in [-0.1, -0.05) is 24.3 Å². The summed E-state index contributed by atoms with van der Waals surface area (Å²) in [5.41, 5.74) is 2.01. The van der Waals surface area contributed by atoms with Crippen LogP contribution in [0, 0.1) is 0 Å². The van der Waals surface area contributed by atoms with Crippen LogP contribution < -0.4 is 15.5 Å². The Balaban J connectivity index is 0.00000225. The lowest BCUT2D eigenvalue weighted by molar-refractivity contribution is -0.117. The van der Waals surface area contributed by atoms with Crippen LogP contribution in [0.2, 0.25) is 0 Å². The minimum Gasteiger partial charge on any atom is -0.325 e. The van der Waals surface area contributed by atoms with Crippen LogP contribution in [0.15, 0.2) is 54.6 Å². The molecular formula is C19H22ClN3O2. The van der Waals surface area contributed by atoms with Gasteiger partial charge in [0.05, 0.1) is 6.04 Å². The maximum absolute atomic E-state index is 12.6. The van der Waals surface area contributed by atoms with Crippen LogP contribution in [-0.2, 0) is 4.79 Å². The second-order valence-electron chi connectivity index (χ2n) is 5.92. The van der Waals surface area contributed by atoms with E-state index in [1.165, 1.54) is 0 Å². The molecule has 1 unspecified atom stereocenters. The van der Waals surface area contributed by atoms with E-state index in [0.29, 0.717) is 11.3 Å². The van der Waals surface area contributed by atoms with Crippen molar-refractivity contribution in [3.8, 4) is 0 Å². The van der Waals surface area contributed by atoms with Gasteiger partial charge < -0.3 is 15.5 Å². The highest BCUT2D eigenvalue weighted by atomic mass is 35.5. The molecule has 0 spiro atoms. The Hall–Kier alpha value is -2.37. The molecule has 1 fully saturated rings. The zero-order valence-electron chi connectivity index (χ0n) is 14.1. The van der Waals surface area contributed by atoms with Crippen LogP contribution in [0.1, 0.15) is 23.2 Å². The molecule has 1 heterocycles. The van der Waals surface area contributed by atoms with Crippen LogP contribution in [-0.4, -0.2) is 31.4 Å². The van der Waals surface area contributed by atoms with Crippen molar-refractivity contribution in [2.45, 2.75) is 18.9 Å². The van der Waals surface area contributed by atoms with Gasteiger partial charge in [-0.25, -0.2) is 0 Å². The minimum atomic E-state index is -0.142. The summed E-state index contributed by atoms with van der Waals surface area (Å²) in [5.74, 6) is -0.162. The Morgan fingerprint density at radius 2 is 1.88 bits per heavy atom. The number of hydrogen-bond donors (Lipinski definition) is 2. The SMILES string of the molecule is CN(C(=O)c1cccc(NC(=O)C2CCCN2)c1)c1ccccc1.Cl. The smallest absolute Gasteiger partial charge is 0.258 e. The third-order valence-corrected chi connectivity index (χ3v) is 4.20. The fraction of sp³-hybridized carbons (Fsp3) is 0.263. The zero-order chi connectivity index (χ0) is 16.9. The maximum Gasteiger partial charge on any atom is 0.258 e. The number of para-hydroxylation sites is 1. The fourth-order valence-electron chi connectivity index (χ4n) is 2.83. The molecule has 2 aromatic rings. The number of rotatable bonds is 4. The normalized spacial score (nSPS) is 16.0. The molecule has 1 aliphatic heterocycles. The fourth-order valence-corrected chi connectivity index (χ4v) is 2.83. The number of halogens is 1. The Bertz CT molecular complexity index is 730. The molecule has 0 saturated carbocycles. The van der Waals surface area contributed by atoms with Gasteiger partial charge in [0.25, 0.3) is 5.91 Å². The first kappa shape index (κ1) is 19.0. The third-order valence-electron chi connectivity index (χ3n) is 4.20. The summed E-state index contributed by atoms with van der Waals surface area (Å²) in [4.78, 5) is 26.4. The monoisotopic (exact) mass is 359 g/mol. The predicted molar refractivity (Wildman–Crippen MR) is 103 cm³/mol. The number of nitrogens with zero attached hydrogens (tertiary/aromatic N) is 1.